The van der Waals surface area contributed by atoms with Gasteiger partial charge in [0, 0.05) is 41.2 Å². The predicted molar refractivity (Wildman–Crippen MR) is 166 cm³/mol. The molecule has 0 spiro atoms. The number of unbranched alkanes of at least 4 members (excludes halogenated alkanes) is 1. The van der Waals surface area contributed by atoms with Crippen LogP contribution in [0.2, 0.25) is 0 Å². The summed E-state index contributed by atoms with van der Waals surface area (Å²) < 4.78 is 27.6. The molecule has 2 aromatic heterocycles. The Morgan fingerprint density at radius 2 is 1.76 bits per heavy atom. The number of aromatic nitrogens is 3. The minimum atomic E-state index is -0.446. The van der Waals surface area contributed by atoms with Crippen LogP contribution in [-0.2, 0) is 16.1 Å². The van der Waals surface area contributed by atoms with E-state index in [0.29, 0.717) is 35.8 Å². The van der Waals surface area contributed by atoms with Gasteiger partial charge in [0.15, 0.2) is 0 Å². The summed E-state index contributed by atoms with van der Waals surface area (Å²) in [5.41, 5.74) is 5.87. The Kier molecular flexibility index (Phi) is 8.72. The van der Waals surface area contributed by atoms with Crippen molar-refractivity contribution in [2.75, 3.05) is 32.3 Å². The molecule has 0 aliphatic heterocycles. The number of rotatable bonds is 11. The van der Waals surface area contributed by atoms with Crippen molar-refractivity contribution in [2.45, 2.75) is 40.2 Å². The van der Waals surface area contributed by atoms with Crippen molar-refractivity contribution in [1.29, 1.82) is 0 Å². The maximum Gasteiger partial charge on any atom is 0.355 e. The van der Waals surface area contributed by atoms with Crippen LogP contribution < -0.4 is 14.4 Å². The standard InChI is InChI=1S/C32H34N4O5S/c1-6-8-15-35(20(3)37)23-10-13-28-25(18-23)30(21-9-12-26-27(17-21)34-42-33-26)31(32(38)41-7-2)36(28)19-22-16-24(39-4)11-14-29(22)40-5/h9-14,16-18H,6-8,15,19H2,1-5H3. The Morgan fingerprint density at radius 1 is 0.952 bits per heavy atom. The van der Waals surface area contributed by atoms with E-state index in [1.807, 2.05) is 59.2 Å². The molecule has 0 aliphatic rings. The molecule has 3 aromatic carbocycles. The lowest BCUT2D eigenvalue weighted by atomic mass is 10.0. The molecule has 42 heavy (non-hydrogen) atoms. The Morgan fingerprint density at radius 3 is 2.48 bits per heavy atom. The third-order valence-electron chi connectivity index (χ3n) is 7.30. The zero-order valence-corrected chi connectivity index (χ0v) is 25.3. The minimum Gasteiger partial charge on any atom is -0.497 e. The first-order valence-corrected chi connectivity index (χ1v) is 14.7. The molecule has 2 heterocycles. The number of fused-ring (bicyclic) bond motifs is 2. The second kappa shape index (κ2) is 12.6. The lowest BCUT2D eigenvalue weighted by molar-refractivity contribution is -0.116. The molecular formula is C32H34N4O5S. The molecule has 10 heteroatoms. The van der Waals surface area contributed by atoms with Crippen molar-refractivity contribution in [1.82, 2.24) is 13.3 Å². The van der Waals surface area contributed by atoms with Crippen LogP contribution in [0.1, 0.15) is 49.7 Å². The lowest BCUT2D eigenvalue weighted by Crippen LogP contribution is -2.29. The van der Waals surface area contributed by atoms with Crippen LogP contribution in [-0.4, -0.2) is 52.6 Å². The van der Waals surface area contributed by atoms with Gasteiger partial charge >= 0.3 is 5.97 Å². The first-order valence-electron chi connectivity index (χ1n) is 13.9. The molecule has 0 fully saturated rings. The van der Waals surface area contributed by atoms with Gasteiger partial charge in [-0.25, -0.2) is 4.79 Å². The highest BCUT2D eigenvalue weighted by Gasteiger charge is 2.27. The zero-order chi connectivity index (χ0) is 29.8. The van der Waals surface area contributed by atoms with Crippen LogP contribution >= 0.6 is 11.7 Å². The monoisotopic (exact) mass is 586 g/mol. The summed E-state index contributed by atoms with van der Waals surface area (Å²) in [5.74, 6) is 0.864. The fourth-order valence-electron chi connectivity index (χ4n) is 5.28. The number of methoxy groups -OCH3 is 2. The summed E-state index contributed by atoms with van der Waals surface area (Å²) in [7, 11) is 3.23. The van der Waals surface area contributed by atoms with Gasteiger partial charge in [-0.15, -0.1) is 0 Å². The van der Waals surface area contributed by atoms with Crippen molar-refractivity contribution in [3.8, 4) is 22.6 Å². The summed E-state index contributed by atoms with van der Waals surface area (Å²) in [4.78, 5) is 28.3. The van der Waals surface area contributed by atoms with Gasteiger partial charge < -0.3 is 23.7 Å². The predicted octanol–water partition coefficient (Wildman–Crippen LogP) is 6.71. The van der Waals surface area contributed by atoms with E-state index >= 15 is 0 Å². The quantitative estimate of drug-likeness (QED) is 0.159. The summed E-state index contributed by atoms with van der Waals surface area (Å²) in [6.07, 6.45) is 1.84. The van der Waals surface area contributed by atoms with Crippen molar-refractivity contribution in [2.24, 2.45) is 0 Å². The van der Waals surface area contributed by atoms with Gasteiger partial charge in [0.05, 0.1) is 39.1 Å². The molecule has 0 bridgehead atoms. The van der Waals surface area contributed by atoms with Gasteiger partial charge in [0.2, 0.25) is 5.91 Å². The number of anilines is 1. The highest BCUT2D eigenvalue weighted by atomic mass is 32.1. The summed E-state index contributed by atoms with van der Waals surface area (Å²) in [6, 6.07) is 17.3. The van der Waals surface area contributed by atoms with Gasteiger partial charge in [-0.1, -0.05) is 19.4 Å². The molecule has 5 aromatic rings. The maximum absolute atomic E-state index is 13.8. The van der Waals surface area contributed by atoms with Crippen molar-refractivity contribution in [3.05, 3.63) is 65.9 Å². The van der Waals surface area contributed by atoms with E-state index in [1.54, 1.807) is 33.0 Å². The number of nitrogens with zero attached hydrogens (tertiary/aromatic N) is 4. The number of carbonyl (C=O) groups excluding carboxylic acids is 2. The highest BCUT2D eigenvalue weighted by Crippen LogP contribution is 2.40. The molecule has 0 aliphatic carbocycles. The fraction of sp³-hybridized carbons (Fsp3) is 0.312. The van der Waals surface area contributed by atoms with Gasteiger partial charge in [0.1, 0.15) is 28.2 Å². The summed E-state index contributed by atoms with van der Waals surface area (Å²) in [6.45, 7) is 6.61. The number of amides is 1. The molecule has 0 saturated carbocycles. The molecule has 9 nitrogen and oxygen atoms in total. The zero-order valence-electron chi connectivity index (χ0n) is 24.5. The van der Waals surface area contributed by atoms with Crippen LogP contribution in [0.4, 0.5) is 5.69 Å². The average Bonchev–Trinajstić information content (AvgIpc) is 3.59. The van der Waals surface area contributed by atoms with Crippen LogP contribution in [0.15, 0.2) is 54.6 Å². The molecule has 0 radical (unpaired) electrons. The molecule has 0 atom stereocenters. The minimum absolute atomic E-state index is 0.0366. The first-order chi connectivity index (χ1) is 20.4. The van der Waals surface area contributed by atoms with Gasteiger partial charge in [-0.05, 0) is 67.4 Å². The number of hydrogen-bond donors (Lipinski definition) is 0. The number of benzene rings is 3. The van der Waals surface area contributed by atoms with E-state index in [1.165, 1.54) is 0 Å². The normalized spacial score (nSPS) is 11.2. The van der Waals surface area contributed by atoms with Gasteiger partial charge in [0.25, 0.3) is 0 Å². The second-order valence-electron chi connectivity index (χ2n) is 9.90. The molecule has 5 rings (SSSR count). The second-order valence-corrected chi connectivity index (χ2v) is 10.4. The average molecular weight is 587 g/mol. The van der Waals surface area contributed by atoms with E-state index in [9.17, 15) is 9.59 Å². The fourth-order valence-corrected chi connectivity index (χ4v) is 5.79. The van der Waals surface area contributed by atoms with Gasteiger partial charge in [-0.3, -0.25) is 4.79 Å². The summed E-state index contributed by atoms with van der Waals surface area (Å²) in [5, 5.41) is 0.822. The Hall–Kier alpha value is -4.44. The molecule has 218 valence electrons. The Labute approximate surface area is 248 Å². The van der Waals surface area contributed by atoms with Gasteiger partial charge in [-0.2, -0.15) is 8.75 Å². The van der Waals surface area contributed by atoms with E-state index in [-0.39, 0.29) is 12.5 Å². The number of esters is 1. The Balaban J connectivity index is 1.82. The molecule has 1 amide bonds. The Bertz CT molecular complexity index is 1760. The van der Waals surface area contributed by atoms with E-state index < -0.39 is 5.97 Å². The lowest BCUT2D eigenvalue weighted by Gasteiger charge is -2.21. The van der Waals surface area contributed by atoms with E-state index in [4.69, 9.17) is 14.2 Å². The largest absolute Gasteiger partial charge is 0.497 e. The van der Waals surface area contributed by atoms with Crippen LogP contribution in [0.25, 0.3) is 33.1 Å². The highest BCUT2D eigenvalue weighted by molar-refractivity contribution is 7.00. The van der Waals surface area contributed by atoms with Crippen molar-refractivity contribution in [3.63, 3.8) is 0 Å². The van der Waals surface area contributed by atoms with Crippen molar-refractivity contribution >= 4 is 51.2 Å². The molecule has 0 saturated heterocycles. The smallest absolute Gasteiger partial charge is 0.355 e. The molecule has 0 N–H and O–H groups in total. The maximum atomic E-state index is 13.8. The number of carbonyl (C=O) groups is 2. The number of hydrogen-bond acceptors (Lipinski definition) is 8. The van der Waals surface area contributed by atoms with Crippen LogP contribution in [0.3, 0.4) is 0 Å². The van der Waals surface area contributed by atoms with Crippen LogP contribution in [0, 0.1) is 0 Å². The molecular weight excluding hydrogens is 552 g/mol. The SMILES string of the molecule is CCCCN(C(C)=O)c1ccc2c(c1)c(-c1ccc3nsnc3c1)c(C(=O)OCC)n2Cc1cc(OC)ccc1OC. The molecule has 0 unspecified atom stereocenters. The van der Waals surface area contributed by atoms with Crippen molar-refractivity contribution < 1.29 is 23.8 Å². The third-order valence-corrected chi connectivity index (χ3v) is 7.86. The third kappa shape index (κ3) is 5.54. The summed E-state index contributed by atoms with van der Waals surface area (Å²) >= 11 is 1.14. The topological polar surface area (TPSA) is 95.8 Å². The van der Waals surface area contributed by atoms with Crippen LogP contribution in [0.5, 0.6) is 11.5 Å². The van der Waals surface area contributed by atoms with E-state index in [0.717, 1.165) is 63.3 Å². The number of ether oxygens (including phenoxy) is 3. The first kappa shape index (κ1) is 29.1. The van der Waals surface area contributed by atoms with E-state index in [2.05, 4.69) is 15.7 Å².